The Morgan fingerprint density at radius 1 is 1.33 bits per heavy atom. The number of hydrogen-bond acceptors (Lipinski definition) is 4. The van der Waals surface area contributed by atoms with Gasteiger partial charge in [-0.15, -0.1) is 0 Å². The van der Waals surface area contributed by atoms with Crippen molar-refractivity contribution < 1.29 is 14.3 Å². The predicted octanol–water partition coefficient (Wildman–Crippen LogP) is 1.88. The lowest BCUT2D eigenvalue weighted by molar-refractivity contribution is -0.127. The van der Waals surface area contributed by atoms with Crippen LogP contribution < -0.4 is 20.5 Å². The minimum absolute atomic E-state index is 0.120. The van der Waals surface area contributed by atoms with Gasteiger partial charge in [0.1, 0.15) is 0 Å². The fraction of sp³-hybridized carbons (Fsp3) is 0.562. The van der Waals surface area contributed by atoms with Crippen molar-refractivity contribution in [3.8, 4) is 11.5 Å². The molecule has 118 valence electrons. The number of nitrogens with one attached hydrogen (secondary N) is 1. The Labute approximate surface area is 126 Å². The van der Waals surface area contributed by atoms with Crippen molar-refractivity contribution >= 4 is 5.91 Å². The van der Waals surface area contributed by atoms with Crippen LogP contribution in [0.1, 0.15) is 32.8 Å². The highest BCUT2D eigenvalue weighted by Gasteiger charge is 2.16. The molecular weight excluding hydrogens is 268 g/mol. The lowest BCUT2D eigenvalue weighted by Crippen LogP contribution is -2.36. The maximum atomic E-state index is 11.9. The first kappa shape index (κ1) is 17.3. The molecule has 5 heteroatoms. The Balaban J connectivity index is 2.78. The number of rotatable bonds is 9. The largest absolute Gasteiger partial charge is 0.490 e. The van der Waals surface area contributed by atoms with Gasteiger partial charge in [0.05, 0.1) is 6.61 Å². The highest BCUT2D eigenvalue weighted by Crippen LogP contribution is 2.29. The Hall–Kier alpha value is -1.75. The van der Waals surface area contributed by atoms with Crippen LogP contribution >= 0.6 is 0 Å². The van der Waals surface area contributed by atoms with E-state index in [1.807, 2.05) is 32.0 Å². The molecule has 1 rings (SSSR count). The summed E-state index contributed by atoms with van der Waals surface area (Å²) in [6, 6.07) is 5.70. The molecule has 0 saturated carbocycles. The van der Waals surface area contributed by atoms with Crippen molar-refractivity contribution in [2.75, 3.05) is 19.7 Å². The molecule has 1 aromatic rings. The molecule has 1 amide bonds. The van der Waals surface area contributed by atoms with Crippen molar-refractivity contribution in [3.05, 3.63) is 23.8 Å². The second kappa shape index (κ2) is 9.23. The van der Waals surface area contributed by atoms with E-state index >= 15 is 0 Å². The van der Waals surface area contributed by atoms with Crippen LogP contribution in [-0.2, 0) is 11.2 Å². The van der Waals surface area contributed by atoms with E-state index in [0.717, 1.165) is 18.4 Å². The van der Waals surface area contributed by atoms with E-state index < -0.39 is 6.10 Å². The van der Waals surface area contributed by atoms with E-state index in [-0.39, 0.29) is 5.91 Å². The van der Waals surface area contributed by atoms with Crippen LogP contribution in [-0.4, -0.2) is 31.7 Å². The summed E-state index contributed by atoms with van der Waals surface area (Å²) >= 11 is 0. The van der Waals surface area contributed by atoms with Gasteiger partial charge in [-0.2, -0.15) is 0 Å². The summed E-state index contributed by atoms with van der Waals surface area (Å²) in [6.07, 6.45) is 1.12. The minimum atomic E-state index is -0.559. The smallest absolute Gasteiger partial charge is 0.260 e. The number of hydrogen-bond donors (Lipinski definition) is 2. The van der Waals surface area contributed by atoms with Gasteiger partial charge in [0.15, 0.2) is 17.6 Å². The average molecular weight is 294 g/mol. The second-order valence-electron chi connectivity index (χ2n) is 4.80. The fourth-order valence-corrected chi connectivity index (χ4v) is 1.88. The lowest BCUT2D eigenvalue weighted by atomic mass is 10.1. The molecule has 0 heterocycles. The molecule has 3 N–H and O–H groups in total. The van der Waals surface area contributed by atoms with Crippen molar-refractivity contribution in [3.63, 3.8) is 0 Å². The molecule has 1 atom stereocenters. The topological polar surface area (TPSA) is 73.6 Å². The van der Waals surface area contributed by atoms with Gasteiger partial charge in [-0.05, 0) is 50.9 Å². The number of amides is 1. The van der Waals surface area contributed by atoms with E-state index in [9.17, 15) is 4.79 Å². The summed E-state index contributed by atoms with van der Waals surface area (Å²) in [5.74, 6) is 1.11. The lowest BCUT2D eigenvalue weighted by Gasteiger charge is -2.18. The number of carbonyl (C=O) groups is 1. The molecule has 0 saturated heterocycles. The molecular formula is C16H26N2O3. The van der Waals surface area contributed by atoms with E-state index in [2.05, 4.69) is 5.32 Å². The molecule has 0 aromatic heterocycles. The van der Waals surface area contributed by atoms with Gasteiger partial charge in [0, 0.05) is 6.54 Å². The van der Waals surface area contributed by atoms with Gasteiger partial charge < -0.3 is 20.5 Å². The zero-order chi connectivity index (χ0) is 15.7. The Bertz CT molecular complexity index is 449. The Morgan fingerprint density at radius 2 is 2.10 bits per heavy atom. The molecule has 21 heavy (non-hydrogen) atoms. The predicted molar refractivity (Wildman–Crippen MR) is 83.8 cm³/mol. The highest BCUT2D eigenvalue weighted by atomic mass is 16.5. The number of benzene rings is 1. The third kappa shape index (κ3) is 5.63. The quantitative estimate of drug-likeness (QED) is 0.729. The molecule has 1 aromatic carbocycles. The van der Waals surface area contributed by atoms with Gasteiger partial charge in [-0.25, -0.2) is 0 Å². The van der Waals surface area contributed by atoms with Crippen molar-refractivity contribution in [1.82, 2.24) is 5.32 Å². The van der Waals surface area contributed by atoms with Crippen LogP contribution in [0.2, 0.25) is 0 Å². The first-order valence-corrected chi connectivity index (χ1v) is 7.52. The van der Waals surface area contributed by atoms with Crippen LogP contribution in [0.3, 0.4) is 0 Å². The molecule has 0 aliphatic carbocycles. The summed E-state index contributed by atoms with van der Waals surface area (Å²) < 4.78 is 11.3. The van der Waals surface area contributed by atoms with Crippen LogP contribution in [0.5, 0.6) is 11.5 Å². The van der Waals surface area contributed by atoms with Crippen LogP contribution in [0.25, 0.3) is 0 Å². The Kier molecular flexibility index (Phi) is 7.61. The normalized spacial score (nSPS) is 11.8. The minimum Gasteiger partial charge on any atom is -0.490 e. The number of ether oxygens (including phenoxy) is 2. The summed E-state index contributed by atoms with van der Waals surface area (Å²) in [7, 11) is 0. The summed E-state index contributed by atoms with van der Waals surface area (Å²) in [5.41, 5.74) is 6.66. The van der Waals surface area contributed by atoms with Crippen LogP contribution in [0.15, 0.2) is 18.2 Å². The fourth-order valence-electron chi connectivity index (χ4n) is 1.88. The van der Waals surface area contributed by atoms with E-state index in [1.54, 1.807) is 6.92 Å². The number of carbonyl (C=O) groups excluding carboxylic acids is 1. The molecule has 0 spiro atoms. The van der Waals surface area contributed by atoms with E-state index in [1.165, 1.54) is 0 Å². The van der Waals surface area contributed by atoms with Crippen molar-refractivity contribution in [2.45, 2.75) is 39.7 Å². The summed E-state index contributed by atoms with van der Waals surface area (Å²) in [6.45, 7) is 7.43. The third-order valence-corrected chi connectivity index (χ3v) is 2.96. The van der Waals surface area contributed by atoms with Gasteiger partial charge >= 0.3 is 0 Å². The zero-order valence-corrected chi connectivity index (χ0v) is 13.1. The zero-order valence-electron chi connectivity index (χ0n) is 13.1. The van der Waals surface area contributed by atoms with Gasteiger partial charge in [0.2, 0.25) is 0 Å². The van der Waals surface area contributed by atoms with E-state index in [4.69, 9.17) is 15.2 Å². The highest BCUT2D eigenvalue weighted by molar-refractivity contribution is 5.80. The molecule has 5 nitrogen and oxygen atoms in total. The summed E-state index contributed by atoms with van der Waals surface area (Å²) in [4.78, 5) is 11.9. The van der Waals surface area contributed by atoms with Crippen molar-refractivity contribution in [2.24, 2.45) is 5.73 Å². The molecule has 0 radical (unpaired) electrons. The number of nitrogens with two attached hydrogens (primary N) is 1. The van der Waals surface area contributed by atoms with Gasteiger partial charge in [0.25, 0.3) is 5.91 Å². The van der Waals surface area contributed by atoms with Crippen LogP contribution in [0.4, 0.5) is 0 Å². The van der Waals surface area contributed by atoms with Gasteiger partial charge in [-0.3, -0.25) is 4.79 Å². The van der Waals surface area contributed by atoms with E-state index in [0.29, 0.717) is 31.2 Å². The maximum Gasteiger partial charge on any atom is 0.260 e. The summed E-state index contributed by atoms with van der Waals surface area (Å²) in [5, 5.41) is 2.81. The molecule has 1 unspecified atom stereocenters. The molecule has 0 aliphatic rings. The SMILES string of the molecule is CCCNC(=O)C(C)Oc1ccc(CCN)cc1OCC. The molecule has 0 bridgehead atoms. The first-order chi connectivity index (χ1) is 10.1. The second-order valence-corrected chi connectivity index (χ2v) is 4.80. The van der Waals surface area contributed by atoms with Crippen LogP contribution in [0, 0.1) is 0 Å². The standard InChI is InChI=1S/C16H26N2O3/c1-4-10-18-16(19)12(3)21-14-7-6-13(8-9-17)11-15(14)20-5-2/h6-7,11-12H,4-5,8-10,17H2,1-3H3,(H,18,19). The third-order valence-electron chi connectivity index (χ3n) is 2.96. The molecule has 0 aliphatic heterocycles. The molecule has 0 fully saturated rings. The average Bonchev–Trinajstić information content (AvgIpc) is 2.47. The Morgan fingerprint density at radius 3 is 2.71 bits per heavy atom. The first-order valence-electron chi connectivity index (χ1n) is 7.52. The monoisotopic (exact) mass is 294 g/mol. The van der Waals surface area contributed by atoms with Crippen molar-refractivity contribution in [1.29, 1.82) is 0 Å². The maximum absolute atomic E-state index is 11.9. The van der Waals surface area contributed by atoms with Gasteiger partial charge in [-0.1, -0.05) is 13.0 Å².